The number of fused-ring (bicyclic) bond motifs is 6. The fraction of sp³-hybridized carbons (Fsp3) is 0.326. The van der Waals surface area contributed by atoms with Crippen LogP contribution < -0.4 is 24.8 Å². The molecule has 4 heteroatoms. The molecule has 0 radical (unpaired) electrons. The number of benzene rings is 8. The first-order chi connectivity index (χ1) is 41.7. The zero-order chi connectivity index (χ0) is 63.8. The van der Waals surface area contributed by atoms with E-state index in [4.69, 9.17) is 0 Å². The standard InChI is InChI=1S/2C21H25.2C17H18.2C5H5.2ClH.2Zr/c2*1-20(2,3)16-7-9-18-14(12-16)11-15-13-17(21(4,5)6)8-10-19(15)18;2*1-14(16-9-5-3-6-10-16)13-15(2)17-11-7-4-8-12-17;2*1-2-4-5-3-1;;;;/h2*7-10,12H,11H2,1-6H3;2*3-12,14-15H,1-2H3;2*1-3H,4H2;2*1H;;/q2*-1;;;2*-1;;;2*+2/p-2. The van der Waals surface area contributed by atoms with Crippen LogP contribution in [0.25, 0.3) is 22.3 Å². The maximum atomic E-state index is 3.67. The van der Waals surface area contributed by atoms with Crippen LogP contribution in [0.2, 0.25) is 0 Å². The Morgan fingerprint density at radius 2 is 0.633 bits per heavy atom. The van der Waals surface area contributed by atoms with Crippen molar-refractivity contribution >= 4 is 6.41 Å². The number of hydrogen-bond donors (Lipinski definition) is 0. The van der Waals surface area contributed by atoms with Gasteiger partial charge >= 0.3 is 250 Å². The van der Waals surface area contributed by atoms with Crippen molar-refractivity contribution in [3.8, 4) is 22.3 Å². The number of rotatable bonds is 8. The first kappa shape index (κ1) is 75.5. The molecule has 0 aliphatic heterocycles. The molecule has 4 aliphatic carbocycles. The SMILES string of the molecule is CC(C)(C)c1[c-]c2c(cc1)-c1ccc(C(C)(C)C)cc1C2.CC(C)(C)c1[c-]c2c(cc1)-c1ccc(C(C)(C)C)cc1C2.CC([C](=[Zr+2])C(C)c1ccccc1)c1ccccc1.CC([C](=[Zr+2])C(C)c1ccccc1)c1ccccc1.[C-]1=CC=CC1.[C-]1=CC=CC1.[Cl-].[Cl-]. The van der Waals surface area contributed by atoms with Crippen molar-refractivity contribution in [1.82, 2.24) is 0 Å². The second-order valence-corrected chi connectivity index (χ2v) is 30.9. The zero-order valence-corrected chi connectivity index (χ0v) is 63.1. The summed E-state index contributed by atoms with van der Waals surface area (Å²) in [5.41, 5.74) is 23.1. The Morgan fingerprint density at radius 1 is 0.356 bits per heavy atom. The molecule has 12 rings (SSSR count). The Labute approximate surface area is 587 Å². The van der Waals surface area contributed by atoms with Gasteiger partial charge in [0.05, 0.1) is 0 Å². The van der Waals surface area contributed by atoms with E-state index in [1.165, 1.54) is 89.0 Å². The van der Waals surface area contributed by atoms with E-state index in [1.807, 2.05) is 24.3 Å². The summed E-state index contributed by atoms with van der Waals surface area (Å²) in [6.07, 6.45) is 22.1. The third kappa shape index (κ3) is 21.4. The van der Waals surface area contributed by atoms with Crippen molar-refractivity contribution in [3.63, 3.8) is 0 Å². The van der Waals surface area contributed by atoms with E-state index < -0.39 is 0 Å². The van der Waals surface area contributed by atoms with Crippen LogP contribution in [0, 0.1) is 24.3 Å². The summed E-state index contributed by atoms with van der Waals surface area (Å²) in [4.78, 5) is 0. The van der Waals surface area contributed by atoms with Gasteiger partial charge in [-0.1, -0.05) is 131 Å². The van der Waals surface area contributed by atoms with Gasteiger partial charge in [0.2, 0.25) is 0 Å². The van der Waals surface area contributed by atoms with Gasteiger partial charge in [-0.25, -0.2) is 24.3 Å². The minimum Gasteiger partial charge on any atom is -1.00 e. The largest absolute Gasteiger partial charge is 1.00 e. The van der Waals surface area contributed by atoms with E-state index in [-0.39, 0.29) is 46.5 Å². The monoisotopic (exact) mass is 1380 g/mol. The molecule has 464 valence electrons. The topological polar surface area (TPSA) is 0 Å². The van der Waals surface area contributed by atoms with Gasteiger partial charge in [0, 0.05) is 0 Å². The molecule has 0 N–H and O–H groups in total. The Morgan fingerprint density at radius 3 is 0.856 bits per heavy atom. The summed E-state index contributed by atoms with van der Waals surface area (Å²) in [6.45, 7) is 36.5. The minimum absolute atomic E-state index is 0. The van der Waals surface area contributed by atoms with Crippen LogP contribution in [0.15, 0.2) is 218 Å². The third-order valence-electron chi connectivity index (χ3n) is 17.2. The molecule has 4 atom stereocenters. The van der Waals surface area contributed by atoms with Crippen LogP contribution in [-0.2, 0) is 83.0 Å². The summed E-state index contributed by atoms with van der Waals surface area (Å²) < 4.78 is 3.22. The molecule has 0 aromatic heterocycles. The third-order valence-corrected chi connectivity index (χ3v) is 21.4. The van der Waals surface area contributed by atoms with Crippen molar-refractivity contribution in [1.29, 1.82) is 0 Å². The van der Waals surface area contributed by atoms with Crippen LogP contribution in [0.3, 0.4) is 0 Å². The van der Waals surface area contributed by atoms with Gasteiger partial charge in [-0.3, -0.25) is 12.2 Å². The molecule has 0 amide bonds. The normalized spacial score (nSPS) is 14.1. The molecule has 90 heavy (non-hydrogen) atoms. The quantitative estimate of drug-likeness (QED) is 0.133. The smallest absolute Gasteiger partial charge is 0.109 e. The maximum Gasteiger partial charge on any atom is -0.109 e. The first-order valence-corrected chi connectivity index (χ1v) is 34.4. The molecular weight excluding hydrogens is 1290 g/mol. The second kappa shape index (κ2) is 34.6. The van der Waals surface area contributed by atoms with Crippen LogP contribution >= 0.6 is 0 Å². The van der Waals surface area contributed by atoms with Crippen molar-refractivity contribution in [2.45, 2.75) is 182 Å². The van der Waals surface area contributed by atoms with Crippen molar-refractivity contribution in [2.24, 2.45) is 0 Å². The van der Waals surface area contributed by atoms with E-state index in [0.717, 1.165) is 25.7 Å². The van der Waals surface area contributed by atoms with Crippen molar-refractivity contribution in [2.75, 3.05) is 0 Å². The number of hydrogen-bond acceptors (Lipinski definition) is 0. The predicted molar refractivity (Wildman–Crippen MR) is 374 cm³/mol. The fourth-order valence-electron chi connectivity index (χ4n) is 11.2. The Hall–Kier alpha value is -5.19. The molecule has 0 fully saturated rings. The van der Waals surface area contributed by atoms with Crippen LogP contribution in [0.4, 0.5) is 0 Å². The summed E-state index contributed by atoms with van der Waals surface area (Å²) in [5.74, 6) is 2.17. The van der Waals surface area contributed by atoms with Crippen LogP contribution in [0.1, 0.15) is 214 Å². The number of allylic oxidation sites excluding steroid dienone is 8. The Kier molecular flexibility index (Phi) is 29.1. The zero-order valence-electron chi connectivity index (χ0n) is 56.7. The summed E-state index contributed by atoms with van der Waals surface area (Å²) in [7, 11) is 0. The molecule has 0 heterocycles. The maximum absolute atomic E-state index is 3.67. The van der Waals surface area contributed by atoms with Gasteiger partial charge in [-0.15, -0.1) is 35.1 Å². The van der Waals surface area contributed by atoms with Crippen molar-refractivity contribution < 1.29 is 73.3 Å². The van der Waals surface area contributed by atoms with Gasteiger partial charge in [-0.2, -0.15) is 59.7 Å². The minimum atomic E-state index is 0. The fourth-order valence-corrected chi connectivity index (χ4v) is 12.8. The van der Waals surface area contributed by atoms with Gasteiger partial charge in [-0.05, 0) is 56.8 Å². The van der Waals surface area contributed by atoms with E-state index in [2.05, 4.69) is 329 Å². The molecule has 0 saturated carbocycles. The number of halogens is 2. The summed E-state index contributed by atoms with van der Waals surface area (Å²) in [5, 5.41) is 0. The van der Waals surface area contributed by atoms with E-state index >= 15 is 0 Å². The Bertz CT molecular complexity index is 3200. The predicted octanol–water partition coefficient (Wildman–Crippen LogP) is 16.6. The average Bonchev–Trinajstić information content (AvgIpc) is 1.76. The van der Waals surface area contributed by atoms with Crippen molar-refractivity contribution in [3.05, 3.63) is 309 Å². The van der Waals surface area contributed by atoms with E-state index in [9.17, 15) is 0 Å². The van der Waals surface area contributed by atoms with Gasteiger partial charge in [0.15, 0.2) is 0 Å². The molecule has 4 aliphatic rings. The Balaban J connectivity index is 0.000000206. The summed E-state index contributed by atoms with van der Waals surface area (Å²) in [6, 6.07) is 73.5. The van der Waals surface area contributed by atoms with E-state index in [1.54, 1.807) is 54.9 Å². The molecule has 4 unspecified atom stereocenters. The molecule has 0 saturated heterocycles. The summed E-state index contributed by atoms with van der Waals surface area (Å²) >= 11 is 3.08. The van der Waals surface area contributed by atoms with Gasteiger partial charge in [0.1, 0.15) is 0 Å². The molecule has 0 bridgehead atoms. The average molecular weight is 1380 g/mol. The van der Waals surface area contributed by atoms with Crippen LogP contribution in [-0.4, -0.2) is 6.41 Å². The van der Waals surface area contributed by atoms with Crippen LogP contribution in [0.5, 0.6) is 0 Å². The second-order valence-electron chi connectivity index (χ2n) is 28.1. The molecule has 0 spiro atoms. The molecular formula is C86H96Cl2Zr2-2. The molecule has 8 aromatic carbocycles. The van der Waals surface area contributed by atoms with Gasteiger partial charge < -0.3 is 24.8 Å². The molecule has 0 nitrogen and oxygen atoms in total. The van der Waals surface area contributed by atoms with E-state index in [0.29, 0.717) is 23.7 Å². The van der Waals surface area contributed by atoms with Gasteiger partial charge in [0.25, 0.3) is 0 Å². The molecule has 8 aromatic rings. The first-order valence-electron chi connectivity index (χ1n) is 31.9.